The number of hydrogen-bond acceptors (Lipinski definition) is 3. The number of nitrogens with zero attached hydrogens (tertiary/aromatic N) is 2. The Bertz CT molecular complexity index is 972. The van der Waals surface area contributed by atoms with E-state index in [-0.39, 0.29) is 17.7 Å². The van der Waals surface area contributed by atoms with E-state index in [1.165, 1.54) is 0 Å². The molecule has 1 aliphatic carbocycles. The lowest BCUT2D eigenvalue weighted by Gasteiger charge is -2.12. The second kappa shape index (κ2) is 6.05. The van der Waals surface area contributed by atoms with E-state index in [1.807, 2.05) is 30.3 Å². The minimum absolute atomic E-state index is 0.0258. The van der Waals surface area contributed by atoms with Crippen molar-refractivity contribution in [2.24, 2.45) is 13.0 Å². The highest BCUT2D eigenvalue weighted by molar-refractivity contribution is 6.12. The number of anilines is 2. The molecule has 0 aliphatic heterocycles. The maximum absolute atomic E-state index is 12.7. The summed E-state index contributed by atoms with van der Waals surface area (Å²) in [5, 5.41) is 11.8. The number of benzene rings is 2. The van der Waals surface area contributed by atoms with Crippen LogP contribution < -0.4 is 10.6 Å². The fourth-order valence-corrected chi connectivity index (χ4v) is 2.78. The molecule has 6 heteroatoms. The maximum Gasteiger partial charge on any atom is 0.258 e. The summed E-state index contributed by atoms with van der Waals surface area (Å²) < 4.78 is 1.62. The van der Waals surface area contributed by atoms with Crippen molar-refractivity contribution < 1.29 is 9.59 Å². The maximum atomic E-state index is 12.7. The van der Waals surface area contributed by atoms with E-state index >= 15 is 0 Å². The highest BCUT2D eigenvalue weighted by Crippen LogP contribution is 2.32. The molecule has 3 aromatic rings. The van der Waals surface area contributed by atoms with Gasteiger partial charge in [-0.3, -0.25) is 14.3 Å². The van der Waals surface area contributed by atoms with Crippen LogP contribution in [0.2, 0.25) is 0 Å². The number of carbonyl (C=O) groups excluding carboxylic acids is 2. The first-order valence-electron chi connectivity index (χ1n) is 8.25. The molecule has 0 atom stereocenters. The number of aryl methyl sites for hydroxylation is 1. The zero-order chi connectivity index (χ0) is 17.4. The van der Waals surface area contributed by atoms with Crippen LogP contribution in [0.3, 0.4) is 0 Å². The molecule has 4 rings (SSSR count). The first-order valence-corrected chi connectivity index (χ1v) is 8.25. The predicted molar refractivity (Wildman–Crippen MR) is 96.5 cm³/mol. The Hall–Kier alpha value is -3.15. The molecule has 1 aliphatic rings. The van der Waals surface area contributed by atoms with Crippen LogP contribution >= 0.6 is 0 Å². The average molecular weight is 334 g/mol. The zero-order valence-electron chi connectivity index (χ0n) is 13.8. The average Bonchev–Trinajstić information content (AvgIpc) is 3.37. The summed E-state index contributed by atoms with van der Waals surface area (Å²) in [6, 6.07) is 13.1. The molecular formula is C19H18N4O2. The molecule has 2 N–H and O–H groups in total. The van der Waals surface area contributed by atoms with Crippen LogP contribution in [-0.4, -0.2) is 21.6 Å². The van der Waals surface area contributed by atoms with E-state index in [9.17, 15) is 9.59 Å². The third-order valence-electron chi connectivity index (χ3n) is 4.29. The molecule has 1 fully saturated rings. The smallest absolute Gasteiger partial charge is 0.258 e. The summed E-state index contributed by atoms with van der Waals surface area (Å²) in [6.45, 7) is 0. The fraction of sp³-hybridized carbons (Fsp3) is 0.211. The Kier molecular flexibility index (Phi) is 3.72. The van der Waals surface area contributed by atoms with E-state index in [4.69, 9.17) is 0 Å². The first kappa shape index (κ1) is 15.4. The van der Waals surface area contributed by atoms with Crippen molar-refractivity contribution in [3.8, 4) is 0 Å². The minimum Gasteiger partial charge on any atom is -0.325 e. The lowest BCUT2D eigenvalue weighted by atomic mass is 10.0. The summed E-state index contributed by atoms with van der Waals surface area (Å²) in [5.41, 5.74) is 0.961. The quantitative estimate of drug-likeness (QED) is 0.769. The van der Waals surface area contributed by atoms with Gasteiger partial charge in [-0.1, -0.05) is 24.3 Å². The summed E-state index contributed by atoms with van der Waals surface area (Å²) in [5.74, 6) is 0.219. The molecule has 0 radical (unpaired) electrons. The van der Waals surface area contributed by atoms with E-state index in [1.54, 1.807) is 30.1 Å². The van der Waals surface area contributed by atoms with Gasteiger partial charge in [0.25, 0.3) is 5.91 Å². The molecule has 0 spiro atoms. The second-order valence-corrected chi connectivity index (χ2v) is 6.34. The third-order valence-corrected chi connectivity index (χ3v) is 4.29. The van der Waals surface area contributed by atoms with Gasteiger partial charge in [-0.05, 0) is 35.7 Å². The SMILES string of the molecule is Cn1ccc(NC(=O)c2cc3ccccc3cc2NC(=O)C2CC2)n1. The standard InChI is InChI=1S/C19H18N4O2/c1-23-9-8-17(22-23)21-19(25)15-10-13-4-2-3-5-14(13)11-16(15)20-18(24)12-6-7-12/h2-5,8-12H,6-7H2,1H3,(H,20,24)(H,21,22,25). The molecule has 126 valence electrons. The largest absolute Gasteiger partial charge is 0.325 e. The Labute approximate surface area is 144 Å². The van der Waals surface area contributed by atoms with Gasteiger partial charge < -0.3 is 10.6 Å². The van der Waals surface area contributed by atoms with Crippen LogP contribution in [0, 0.1) is 5.92 Å². The van der Waals surface area contributed by atoms with Crippen LogP contribution in [0.15, 0.2) is 48.7 Å². The van der Waals surface area contributed by atoms with Gasteiger partial charge in [0.05, 0.1) is 11.3 Å². The number of rotatable bonds is 4. The topological polar surface area (TPSA) is 76.0 Å². The molecule has 6 nitrogen and oxygen atoms in total. The molecule has 25 heavy (non-hydrogen) atoms. The van der Waals surface area contributed by atoms with E-state index in [2.05, 4.69) is 15.7 Å². The molecule has 2 aromatic carbocycles. The Morgan fingerprint density at radius 3 is 2.44 bits per heavy atom. The molecule has 1 saturated carbocycles. The van der Waals surface area contributed by atoms with Crippen molar-refractivity contribution in [2.45, 2.75) is 12.8 Å². The highest BCUT2D eigenvalue weighted by Gasteiger charge is 2.30. The molecule has 0 bridgehead atoms. The monoisotopic (exact) mass is 334 g/mol. The van der Waals surface area contributed by atoms with Crippen molar-refractivity contribution in [3.05, 3.63) is 54.2 Å². The highest BCUT2D eigenvalue weighted by atomic mass is 16.2. The van der Waals surface area contributed by atoms with Crippen LogP contribution in [-0.2, 0) is 11.8 Å². The van der Waals surface area contributed by atoms with Crippen LogP contribution in [0.5, 0.6) is 0 Å². The normalized spacial score (nSPS) is 13.6. The van der Waals surface area contributed by atoms with Crippen LogP contribution in [0.4, 0.5) is 11.5 Å². The Morgan fingerprint density at radius 2 is 1.80 bits per heavy atom. The molecule has 1 aromatic heterocycles. The lowest BCUT2D eigenvalue weighted by Crippen LogP contribution is -2.19. The van der Waals surface area contributed by atoms with Crippen molar-refractivity contribution >= 4 is 34.1 Å². The van der Waals surface area contributed by atoms with Gasteiger partial charge in [-0.15, -0.1) is 0 Å². The number of hydrogen-bond donors (Lipinski definition) is 2. The van der Waals surface area contributed by atoms with Crippen molar-refractivity contribution in [2.75, 3.05) is 10.6 Å². The first-order chi connectivity index (χ1) is 12.1. The number of amides is 2. The molecule has 0 unspecified atom stereocenters. The summed E-state index contributed by atoms with van der Waals surface area (Å²) in [7, 11) is 1.78. The van der Waals surface area contributed by atoms with E-state index in [0.29, 0.717) is 17.1 Å². The van der Waals surface area contributed by atoms with Crippen molar-refractivity contribution in [1.29, 1.82) is 0 Å². The molecule has 0 saturated heterocycles. The fourth-order valence-electron chi connectivity index (χ4n) is 2.78. The summed E-state index contributed by atoms with van der Waals surface area (Å²) in [6.07, 6.45) is 3.58. The predicted octanol–water partition coefficient (Wildman–Crippen LogP) is 3.17. The van der Waals surface area contributed by atoms with Gasteiger partial charge in [0.2, 0.25) is 5.91 Å². The second-order valence-electron chi connectivity index (χ2n) is 6.34. The molecule has 2 amide bonds. The summed E-state index contributed by atoms with van der Waals surface area (Å²) in [4.78, 5) is 24.9. The third kappa shape index (κ3) is 3.24. The molecule has 1 heterocycles. The lowest BCUT2D eigenvalue weighted by molar-refractivity contribution is -0.117. The van der Waals surface area contributed by atoms with Crippen molar-refractivity contribution in [3.63, 3.8) is 0 Å². The molecular weight excluding hydrogens is 316 g/mol. The minimum atomic E-state index is -0.296. The van der Waals surface area contributed by atoms with Gasteiger partial charge in [0.1, 0.15) is 0 Å². The zero-order valence-corrected chi connectivity index (χ0v) is 13.8. The van der Waals surface area contributed by atoms with E-state index in [0.717, 1.165) is 23.6 Å². The van der Waals surface area contributed by atoms with Crippen molar-refractivity contribution in [1.82, 2.24) is 9.78 Å². The van der Waals surface area contributed by atoms with E-state index < -0.39 is 0 Å². The van der Waals surface area contributed by atoms with Gasteiger partial charge in [0, 0.05) is 25.2 Å². The Morgan fingerprint density at radius 1 is 1.08 bits per heavy atom. The van der Waals surface area contributed by atoms with Gasteiger partial charge in [0.15, 0.2) is 5.82 Å². The Balaban J connectivity index is 1.70. The van der Waals surface area contributed by atoms with Crippen LogP contribution in [0.1, 0.15) is 23.2 Å². The van der Waals surface area contributed by atoms with Gasteiger partial charge >= 0.3 is 0 Å². The van der Waals surface area contributed by atoms with Gasteiger partial charge in [-0.2, -0.15) is 5.10 Å². The number of fused-ring (bicyclic) bond motifs is 1. The van der Waals surface area contributed by atoms with Crippen LogP contribution in [0.25, 0.3) is 10.8 Å². The number of nitrogens with one attached hydrogen (secondary N) is 2. The number of carbonyl (C=O) groups is 2. The van der Waals surface area contributed by atoms with Gasteiger partial charge in [-0.25, -0.2) is 0 Å². The number of aromatic nitrogens is 2. The summed E-state index contributed by atoms with van der Waals surface area (Å²) >= 11 is 0.